The van der Waals surface area contributed by atoms with Gasteiger partial charge in [0.2, 0.25) is 0 Å². The number of aromatic nitrogens is 2. The van der Waals surface area contributed by atoms with E-state index in [9.17, 15) is 4.39 Å². The molecule has 1 N–H and O–H groups in total. The van der Waals surface area contributed by atoms with Gasteiger partial charge in [-0.05, 0) is 17.7 Å². The summed E-state index contributed by atoms with van der Waals surface area (Å²) in [5.41, 5.74) is 0.862. The highest BCUT2D eigenvalue weighted by atomic mass is 35.5. The highest BCUT2D eigenvalue weighted by Crippen LogP contribution is 2.48. The van der Waals surface area contributed by atoms with E-state index in [-0.39, 0.29) is 37.0 Å². The number of nitrogens with zero attached hydrogens (tertiary/aromatic N) is 3. The van der Waals surface area contributed by atoms with Crippen molar-refractivity contribution in [3.05, 3.63) is 89.6 Å². The standard InChI is InChI=1S/C19H14Cl5FN2OS.HNO3/c20-14-15(21)17(23)19(18(24)16(14)22)29-9-13(7-27-6-5-26-10-27)28-8-11-1-3-12(25)4-2-11;2-1(3)4/h1-6,10,13H,7-9H2;(H,2,3,4). The quantitative estimate of drug-likeness (QED) is 0.0992. The Labute approximate surface area is 217 Å². The number of halogens is 6. The molecule has 1 unspecified atom stereocenters. The second-order valence-corrected chi connectivity index (χ2v) is 9.19. The molecule has 3 rings (SSSR count). The van der Waals surface area contributed by atoms with Gasteiger partial charge in [-0.1, -0.05) is 70.1 Å². The van der Waals surface area contributed by atoms with Gasteiger partial charge >= 0.3 is 0 Å². The molecule has 1 aromatic heterocycles. The Balaban J connectivity index is 0.000000890. The fourth-order valence-corrected chi connectivity index (χ4v) is 5.06. The topological polar surface area (TPSA) is 90.4 Å². The van der Waals surface area contributed by atoms with E-state index < -0.39 is 5.09 Å². The maximum Gasteiger partial charge on any atom is 0.291 e. The van der Waals surface area contributed by atoms with Crippen LogP contribution >= 0.6 is 69.8 Å². The van der Waals surface area contributed by atoms with Crippen molar-refractivity contribution < 1.29 is 19.4 Å². The van der Waals surface area contributed by atoms with E-state index in [1.54, 1.807) is 24.7 Å². The van der Waals surface area contributed by atoms with Gasteiger partial charge in [0.1, 0.15) is 5.82 Å². The van der Waals surface area contributed by atoms with Gasteiger partial charge in [-0.25, -0.2) is 9.37 Å². The Kier molecular flexibility index (Phi) is 11.3. The molecule has 3 aromatic rings. The number of imidazole rings is 1. The van der Waals surface area contributed by atoms with E-state index in [0.717, 1.165) is 5.56 Å². The molecule has 1 heterocycles. The van der Waals surface area contributed by atoms with E-state index in [1.807, 2.05) is 10.8 Å². The van der Waals surface area contributed by atoms with E-state index in [2.05, 4.69) is 4.98 Å². The van der Waals surface area contributed by atoms with Crippen LogP contribution in [0.5, 0.6) is 0 Å². The van der Waals surface area contributed by atoms with Gasteiger partial charge in [0, 0.05) is 23.0 Å². The summed E-state index contributed by atoms with van der Waals surface area (Å²) in [5.74, 6) is 0.215. The van der Waals surface area contributed by atoms with Crippen molar-refractivity contribution >= 4 is 69.8 Å². The summed E-state index contributed by atoms with van der Waals surface area (Å²) >= 11 is 32.3. The van der Waals surface area contributed by atoms with Crippen molar-refractivity contribution in [1.82, 2.24) is 9.55 Å². The van der Waals surface area contributed by atoms with Crippen LogP contribution < -0.4 is 0 Å². The summed E-state index contributed by atoms with van der Waals surface area (Å²) in [6, 6.07) is 6.16. The smallest absolute Gasteiger partial charge is 0.291 e. The number of hydrogen-bond donors (Lipinski definition) is 1. The van der Waals surface area contributed by atoms with E-state index >= 15 is 0 Å². The minimum atomic E-state index is -1.50. The van der Waals surface area contributed by atoms with Gasteiger partial charge in [-0.3, -0.25) is 0 Å². The Hall–Kier alpha value is -1.46. The predicted molar refractivity (Wildman–Crippen MR) is 128 cm³/mol. The van der Waals surface area contributed by atoms with Crippen LogP contribution in [-0.4, -0.2) is 31.7 Å². The molecule has 0 fully saturated rings. The maximum absolute atomic E-state index is 13.1. The molecule has 0 saturated carbocycles. The second kappa shape index (κ2) is 13.4. The maximum atomic E-state index is 13.1. The Morgan fingerprint density at radius 2 is 1.64 bits per heavy atom. The Morgan fingerprint density at radius 1 is 1.09 bits per heavy atom. The Bertz CT molecular complexity index is 1040. The summed E-state index contributed by atoms with van der Waals surface area (Å²) in [4.78, 5) is 12.9. The van der Waals surface area contributed by atoms with Crippen molar-refractivity contribution in [2.24, 2.45) is 0 Å². The van der Waals surface area contributed by atoms with Crippen LogP contribution in [0.4, 0.5) is 4.39 Å². The highest BCUT2D eigenvalue weighted by molar-refractivity contribution is 7.99. The lowest BCUT2D eigenvalue weighted by molar-refractivity contribution is -0.742. The summed E-state index contributed by atoms with van der Waals surface area (Å²) < 4.78 is 21.1. The molecule has 2 aromatic carbocycles. The van der Waals surface area contributed by atoms with Gasteiger partial charge in [0.15, 0.2) is 0 Å². The molecule has 14 heteroatoms. The van der Waals surface area contributed by atoms with E-state index in [1.165, 1.54) is 23.9 Å². The lowest BCUT2D eigenvalue weighted by Crippen LogP contribution is -2.22. The molecular weight excluding hydrogens is 563 g/mol. The van der Waals surface area contributed by atoms with Gasteiger partial charge in [0.25, 0.3) is 5.09 Å². The Morgan fingerprint density at radius 3 is 2.15 bits per heavy atom. The monoisotopic (exact) mass is 575 g/mol. The van der Waals surface area contributed by atoms with Gasteiger partial charge in [0.05, 0.1) is 50.7 Å². The molecule has 0 spiro atoms. The van der Waals surface area contributed by atoms with Gasteiger partial charge < -0.3 is 14.5 Å². The third-order valence-electron chi connectivity index (χ3n) is 3.96. The minimum absolute atomic E-state index is 0.121. The lowest BCUT2D eigenvalue weighted by Gasteiger charge is -2.20. The number of ether oxygens (including phenoxy) is 1. The van der Waals surface area contributed by atoms with Gasteiger partial charge in [-0.15, -0.1) is 21.9 Å². The molecule has 0 saturated heterocycles. The number of hydrogen-bond acceptors (Lipinski definition) is 5. The van der Waals surface area contributed by atoms with Crippen molar-refractivity contribution in [1.29, 1.82) is 0 Å². The van der Waals surface area contributed by atoms with Crippen molar-refractivity contribution in [2.75, 3.05) is 5.75 Å². The molecule has 1 atom stereocenters. The molecule has 7 nitrogen and oxygen atoms in total. The molecular formula is C19H15Cl5FN3O4S. The number of benzene rings is 2. The molecule has 33 heavy (non-hydrogen) atoms. The van der Waals surface area contributed by atoms with Crippen LogP contribution in [0.25, 0.3) is 0 Å². The minimum Gasteiger partial charge on any atom is -0.371 e. The van der Waals surface area contributed by atoms with Crippen LogP contribution in [0.15, 0.2) is 47.9 Å². The van der Waals surface area contributed by atoms with E-state index in [4.69, 9.17) is 78.1 Å². The summed E-state index contributed by atoms with van der Waals surface area (Å²) in [6.07, 6.45) is 5.01. The summed E-state index contributed by atoms with van der Waals surface area (Å²) in [6.45, 7) is 0.877. The van der Waals surface area contributed by atoms with Crippen LogP contribution in [0.1, 0.15) is 5.56 Å². The first-order valence-corrected chi connectivity index (χ1v) is 11.8. The largest absolute Gasteiger partial charge is 0.371 e. The van der Waals surface area contributed by atoms with Crippen molar-refractivity contribution in [3.8, 4) is 0 Å². The average molecular weight is 578 g/mol. The lowest BCUT2D eigenvalue weighted by atomic mass is 10.2. The average Bonchev–Trinajstić information content (AvgIpc) is 3.28. The van der Waals surface area contributed by atoms with Crippen LogP contribution in [0.3, 0.4) is 0 Å². The SMILES string of the molecule is Fc1ccc(COC(CSc2c(Cl)c(Cl)c(Cl)c(Cl)c2Cl)Cn2ccnc2)cc1.O=[N+]([O-])O. The van der Waals surface area contributed by atoms with Gasteiger partial charge in [-0.2, -0.15) is 0 Å². The normalized spacial score (nSPS) is 11.6. The molecule has 0 aliphatic rings. The van der Waals surface area contributed by atoms with Crippen molar-refractivity contribution in [2.45, 2.75) is 24.2 Å². The number of rotatable bonds is 8. The fourth-order valence-electron chi connectivity index (χ4n) is 2.47. The summed E-state index contributed by atoms with van der Waals surface area (Å²) in [5, 5.41) is 14.6. The highest BCUT2D eigenvalue weighted by Gasteiger charge is 2.21. The third-order valence-corrected chi connectivity index (χ3v) is 7.69. The van der Waals surface area contributed by atoms with Crippen LogP contribution in [0, 0.1) is 15.9 Å². The first-order chi connectivity index (χ1) is 15.6. The molecule has 0 amide bonds. The predicted octanol–water partition coefficient (Wildman–Crippen LogP) is 7.32. The third kappa shape index (κ3) is 8.68. The molecule has 178 valence electrons. The molecule has 0 aliphatic carbocycles. The molecule has 0 aliphatic heterocycles. The number of thioether (sulfide) groups is 1. The molecule has 0 radical (unpaired) electrons. The zero-order chi connectivity index (χ0) is 24.5. The van der Waals surface area contributed by atoms with Crippen LogP contribution in [0.2, 0.25) is 25.1 Å². The zero-order valence-corrected chi connectivity index (χ0v) is 21.0. The zero-order valence-electron chi connectivity index (χ0n) is 16.4. The second-order valence-electron chi connectivity index (χ2n) is 6.27. The van der Waals surface area contributed by atoms with Crippen LogP contribution in [-0.2, 0) is 17.9 Å². The first-order valence-electron chi connectivity index (χ1n) is 8.89. The summed E-state index contributed by atoms with van der Waals surface area (Å²) in [7, 11) is 0. The van der Waals surface area contributed by atoms with Crippen molar-refractivity contribution in [3.63, 3.8) is 0 Å². The molecule has 0 bridgehead atoms. The van der Waals surface area contributed by atoms with E-state index in [0.29, 0.717) is 23.8 Å². The fraction of sp³-hybridized carbons (Fsp3) is 0.211. The first kappa shape index (κ1) is 27.8.